The maximum absolute atomic E-state index is 12.1. The molecule has 2 aromatic carbocycles. The number of urea groups is 1. The van der Waals surface area contributed by atoms with E-state index in [1.807, 2.05) is 63.2 Å². The van der Waals surface area contributed by atoms with Gasteiger partial charge < -0.3 is 15.4 Å². The van der Waals surface area contributed by atoms with Gasteiger partial charge in [0.05, 0.1) is 17.7 Å². The number of hydrogen-bond acceptors (Lipinski definition) is 3. The lowest BCUT2D eigenvalue weighted by molar-refractivity contribution is 0.235. The Hall–Kier alpha value is -3.26. The molecule has 1 aliphatic heterocycles. The van der Waals surface area contributed by atoms with Crippen LogP contribution in [0.15, 0.2) is 59.8 Å². The molecule has 0 unspecified atom stereocenters. The molecule has 2 N–H and O–H groups in total. The summed E-state index contributed by atoms with van der Waals surface area (Å²) in [4.78, 5) is 12.1. The Kier molecular flexibility index (Phi) is 5.41. The van der Waals surface area contributed by atoms with Crippen molar-refractivity contribution in [2.75, 3.05) is 0 Å². The first-order valence-electron chi connectivity index (χ1n) is 9.29. The van der Waals surface area contributed by atoms with Gasteiger partial charge in [-0.05, 0) is 35.7 Å². The number of ether oxygens (including phenoxy) is 1. The van der Waals surface area contributed by atoms with Crippen LogP contribution in [0.1, 0.15) is 43.5 Å². The van der Waals surface area contributed by atoms with Gasteiger partial charge in [-0.3, -0.25) is 0 Å². The molecule has 0 aromatic heterocycles. The first-order chi connectivity index (χ1) is 13.3. The summed E-state index contributed by atoms with van der Waals surface area (Å²) in [6, 6.07) is 17.1. The Labute approximate surface area is 166 Å². The van der Waals surface area contributed by atoms with Gasteiger partial charge in [-0.1, -0.05) is 57.2 Å². The van der Waals surface area contributed by atoms with Crippen molar-refractivity contribution in [1.82, 2.24) is 10.6 Å². The number of carbonyl (C=O) groups is 1. The van der Waals surface area contributed by atoms with Crippen LogP contribution in [-0.4, -0.2) is 6.03 Å². The minimum absolute atomic E-state index is 0.297. The Morgan fingerprint density at radius 1 is 1.11 bits per heavy atom. The van der Waals surface area contributed by atoms with Crippen LogP contribution in [0, 0.1) is 23.7 Å². The molecule has 5 heteroatoms. The smallest absolute Gasteiger partial charge is 0.319 e. The van der Waals surface area contributed by atoms with Gasteiger partial charge in [0.2, 0.25) is 0 Å². The van der Waals surface area contributed by atoms with Gasteiger partial charge in [-0.25, -0.2) is 4.79 Å². The average Bonchev–Trinajstić information content (AvgIpc) is 2.66. The second-order valence-corrected chi connectivity index (χ2v) is 7.97. The van der Waals surface area contributed by atoms with Crippen molar-refractivity contribution >= 4 is 6.03 Å². The van der Waals surface area contributed by atoms with Gasteiger partial charge in [0.25, 0.3) is 0 Å². The number of aryl methyl sites for hydroxylation is 1. The Morgan fingerprint density at radius 3 is 2.39 bits per heavy atom. The fraction of sp³-hybridized carbons (Fsp3) is 0.304. The molecule has 1 aliphatic rings. The quantitative estimate of drug-likeness (QED) is 0.810. The van der Waals surface area contributed by atoms with Gasteiger partial charge in [0.1, 0.15) is 12.4 Å². The summed E-state index contributed by atoms with van der Waals surface area (Å²) in [5, 5.41) is 15.4. The summed E-state index contributed by atoms with van der Waals surface area (Å²) in [7, 11) is 0. The van der Waals surface area contributed by atoms with E-state index < -0.39 is 6.04 Å². The minimum Gasteiger partial charge on any atom is -0.489 e. The van der Waals surface area contributed by atoms with Gasteiger partial charge in [0, 0.05) is 11.1 Å². The SMILES string of the molecule is Cc1ccccc1COc1ccc([C@@H]2NC(=O)NC(C(C)(C)C)=C2C#N)cc1. The highest BCUT2D eigenvalue weighted by Crippen LogP contribution is 2.34. The molecule has 3 rings (SSSR count). The number of amides is 2. The molecule has 2 amide bonds. The summed E-state index contributed by atoms with van der Waals surface area (Å²) in [5.41, 5.74) is 4.02. The van der Waals surface area contributed by atoms with E-state index in [-0.39, 0.29) is 11.4 Å². The molecule has 0 aliphatic carbocycles. The number of nitrogens with one attached hydrogen (secondary N) is 2. The monoisotopic (exact) mass is 375 g/mol. The molecular formula is C23H25N3O2. The maximum Gasteiger partial charge on any atom is 0.319 e. The van der Waals surface area contributed by atoms with Gasteiger partial charge in [-0.2, -0.15) is 5.26 Å². The van der Waals surface area contributed by atoms with Crippen molar-refractivity contribution in [3.05, 3.63) is 76.5 Å². The molecular weight excluding hydrogens is 350 g/mol. The Bertz CT molecular complexity index is 947. The highest BCUT2D eigenvalue weighted by Gasteiger charge is 2.33. The summed E-state index contributed by atoms with van der Waals surface area (Å²) in [6.45, 7) is 8.48. The second-order valence-electron chi connectivity index (χ2n) is 7.97. The zero-order valence-corrected chi connectivity index (χ0v) is 16.7. The van der Waals surface area contributed by atoms with E-state index in [1.54, 1.807) is 0 Å². The molecule has 0 saturated heterocycles. The second kappa shape index (κ2) is 7.77. The van der Waals surface area contributed by atoms with E-state index in [1.165, 1.54) is 5.56 Å². The zero-order valence-electron chi connectivity index (χ0n) is 16.7. The van der Waals surface area contributed by atoms with Gasteiger partial charge in [0.15, 0.2) is 0 Å². The van der Waals surface area contributed by atoms with Crippen molar-refractivity contribution in [2.45, 2.75) is 40.3 Å². The molecule has 1 atom stereocenters. The third kappa shape index (κ3) is 4.17. The maximum atomic E-state index is 12.1. The molecule has 0 bridgehead atoms. The van der Waals surface area contributed by atoms with Gasteiger partial charge in [-0.15, -0.1) is 0 Å². The number of benzene rings is 2. The predicted molar refractivity (Wildman–Crippen MR) is 108 cm³/mol. The fourth-order valence-electron chi connectivity index (χ4n) is 3.22. The van der Waals surface area contributed by atoms with Crippen molar-refractivity contribution in [2.24, 2.45) is 5.41 Å². The minimum atomic E-state index is -0.474. The fourth-order valence-corrected chi connectivity index (χ4v) is 3.22. The number of carbonyl (C=O) groups excluding carboxylic acids is 1. The predicted octanol–water partition coefficient (Wildman–Crippen LogP) is 4.75. The Balaban J connectivity index is 1.81. The van der Waals surface area contributed by atoms with Crippen LogP contribution in [0.2, 0.25) is 0 Å². The van der Waals surface area contributed by atoms with Crippen LogP contribution in [0.5, 0.6) is 5.75 Å². The number of hydrogen-bond donors (Lipinski definition) is 2. The molecule has 28 heavy (non-hydrogen) atoms. The normalized spacial score (nSPS) is 16.8. The van der Waals surface area contributed by atoms with E-state index >= 15 is 0 Å². The molecule has 5 nitrogen and oxygen atoms in total. The third-order valence-electron chi connectivity index (χ3n) is 4.81. The Morgan fingerprint density at radius 2 is 1.79 bits per heavy atom. The lowest BCUT2D eigenvalue weighted by Gasteiger charge is -2.33. The number of allylic oxidation sites excluding steroid dienone is 1. The van der Waals surface area contributed by atoms with Crippen molar-refractivity contribution < 1.29 is 9.53 Å². The number of rotatable bonds is 4. The lowest BCUT2D eigenvalue weighted by atomic mass is 9.84. The molecule has 2 aromatic rings. The summed E-state index contributed by atoms with van der Waals surface area (Å²) in [5.74, 6) is 0.741. The van der Waals surface area contributed by atoms with Crippen molar-refractivity contribution in [3.8, 4) is 11.8 Å². The summed E-state index contributed by atoms with van der Waals surface area (Å²) >= 11 is 0. The zero-order chi connectivity index (χ0) is 20.3. The van der Waals surface area contributed by atoms with E-state index in [9.17, 15) is 10.1 Å². The molecule has 1 heterocycles. The lowest BCUT2D eigenvalue weighted by Crippen LogP contribution is -2.46. The van der Waals surface area contributed by atoms with Crippen LogP contribution in [0.25, 0.3) is 0 Å². The van der Waals surface area contributed by atoms with Crippen LogP contribution >= 0.6 is 0 Å². The highest BCUT2D eigenvalue weighted by molar-refractivity contribution is 5.80. The molecule has 144 valence electrons. The first-order valence-corrected chi connectivity index (χ1v) is 9.29. The molecule has 0 saturated carbocycles. The molecule has 0 fully saturated rings. The van der Waals surface area contributed by atoms with Gasteiger partial charge >= 0.3 is 6.03 Å². The molecule has 0 radical (unpaired) electrons. The van der Waals surface area contributed by atoms with E-state index in [4.69, 9.17) is 4.74 Å². The first kappa shape index (κ1) is 19.5. The number of nitrogens with zero attached hydrogens (tertiary/aromatic N) is 1. The highest BCUT2D eigenvalue weighted by atomic mass is 16.5. The largest absolute Gasteiger partial charge is 0.489 e. The molecule has 0 spiro atoms. The van der Waals surface area contributed by atoms with Crippen LogP contribution in [-0.2, 0) is 6.61 Å². The third-order valence-corrected chi connectivity index (χ3v) is 4.81. The summed E-state index contributed by atoms with van der Waals surface area (Å²) in [6.07, 6.45) is 0. The van der Waals surface area contributed by atoms with E-state index in [0.717, 1.165) is 16.9 Å². The average molecular weight is 375 g/mol. The van der Waals surface area contributed by atoms with Crippen molar-refractivity contribution in [3.63, 3.8) is 0 Å². The van der Waals surface area contributed by atoms with Crippen molar-refractivity contribution in [1.29, 1.82) is 5.26 Å². The van der Waals surface area contributed by atoms with Crippen LogP contribution < -0.4 is 15.4 Å². The van der Waals surface area contributed by atoms with Crippen LogP contribution in [0.3, 0.4) is 0 Å². The number of nitriles is 1. The topological polar surface area (TPSA) is 74.2 Å². The van der Waals surface area contributed by atoms with Crippen LogP contribution in [0.4, 0.5) is 4.79 Å². The van der Waals surface area contributed by atoms with E-state index in [0.29, 0.717) is 17.9 Å². The summed E-state index contributed by atoms with van der Waals surface area (Å²) < 4.78 is 5.89. The standard InChI is InChI=1S/C23H25N3O2/c1-15-7-5-6-8-17(15)14-28-18-11-9-16(10-12-18)20-19(13-24)21(23(2,3)4)26-22(27)25-20/h5-12,20H,14H2,1-4H3,(H2,25,26,27)/t20-/m0/s1. The van der Waals surface area contributed by atoms with E-state index in [2.05, 4.69) is 29.7 Å².